The topological polar surface area (TPSA) is 59.4 Å². The summed E-state index contributed by atoms with van der Waals surface area (Å²) < 4.78 is 17.5. The van der Waals surface area contributed by atoms with E-state index in [0.29, 0.717) is 11.4 Å². The molecule has 76 valence electrons. The summed E-state index contributed by atoms with van der Waals surface area (Å²) >= 11 is 0. The van der Waals surface area contributed by atoms with Crippen molar-refractivity contribution in [3.05, 3.63) is 23.9 Å². The van der Waals surface area contributed by atoms with Gasteiger partial charge in [0.25, 0.3) is 0 Å². The second-order valence-electron chi connectivity index (χ2n) is 2.72. The van der Waals surface area contributed by atoms with E-state index < -0.39 is 12.1 Å². The number of ether oxygens (including phenoxy) is 1. The van der Waals surface area contributed by atoms with Crippen molar-refractivity contribution in [2.45, 2.75) is 12.6 Å². The number of rotatable bonds is 4. The minimum atomic E-state index is -1.88. The Kier molecular flexibility index (Phi) is 3.39. The van der Waals surface area contributed by atoms with E-state index in [9.17, 15) is 9.18 Å². The van der Waals surface area contributed by atoms with E-state index in [1.54, 1.807) is 12.1 Å². The van der Waals surface area contributed by atoms with Gasteiger partial charge in [-0.25, -0.2) is 14.2 Å². The van der Waals surface area contributed by atoms with Crippen molar-refractivity contribution in [2.75, 3.05) is 7.11 Å². The molecule has 0 spiro atoms. The lowest BCUT2D eigenvalue weighted by atomic mass is 10.1. The van der Waals surface area contributed by atoms with Crippen LogP contribution in [0.25, 0.3) is 0 Å². The van der Waals surface area contributed by atoms with Crippen LogP contribution in [0.3, 0.4) is 0 Å². The Morgan fingerprint density at radius 2 is 2.43 bits per heavy atom. The van der Waals surface area contributed by atoms with Crippen LogP contribution in [0.1, 0.15) is 5.56 Å². The molecule has 14 heavy (non-hydrogen) atoms. The molecule has 0 bridgehead atoms. The van der Waals surface area contributed by atoms with Crippen LogP contribution in [-0.2, 0) is 11.2 Å². The van der Waals surface area contributed by atoms with E-state index in [0.717, 1.165) is 0 Å². The summed E-state index contributed by atoms with van der Waals surface area (Å²) in [6.07, 6.45) is -0.661. The second kappa shape index (κ2) is 4.55. The van der Waals surface area contributed by atoms with Gasteiger partial charge in [-0.2, -0.15) is 0 Å². The number of pyridine rings is 1. The lowest BCUT2D eigenvalue weighted by Gasteiger charge is -2.03. The fourth-order valence-electron chi connectivity index (χ4n) is 0.947. The molecule has 0 aliphatic carbocycles. The largest absolute Gasteiger partial charge is 0.481 e. The molecule has 4 nitrogen and oxygen atoms in total. The van der Waals surface area contributed by atoms with Gasteiger partial charge in [0, 0.05) is 18.7 Å². The summed E-state index contributed by atoms with van der Waals surface area (Å²) in [6, 6.07) is 3.14. The van der Waals surface area contributed by atoms with Crippen LogP contribution < -0.4 is 4.74 Å². The van der Waals surface area contributed by atoms with Gasteiger partial charge in [-0.15, -0.1) is 0 Å². The molecule has 5 heteroatoms. The first-order chi connectivity index (χ1) is 6.63. The van der Waals surface area contributed by atoms with Crippen molar-refractivity contribution >= 4 is 5.97 Å². The molecule has 0 amide bonds. The third-order valence-corrected chi connectivity index (χ3v) is 1.69. The van der Waals surface area contributed by atoms with E-state index in [-0.39, 0.29) is 6.42 Å². The van der Waals surface area contributed by atoms with Gasteiger partial charge in [-0.05, 0) is 5.56 Å². The van der Waals surface area contributed by atoms with Crippen LogP contribution in [0.4, 0.5) is 4.39 Å². The summed E-state index contributed by atoms with van der Waals surface area (Å²) in [7, 11) is 1.47. The predicted octanol–water partition coefficient (Wildman–Crippen LogP) is 1.06. The zero-order chi connectivity index (χ0) is 10.6. The van der Waals surface area contributed by atoms with Gasteiger partial charge in [-0.1, -0.05) is 6.07 Å². The number of carboxylic acid groups (broad SMARTS) is 1. The highest BCUT2D eigenvalue weighted by molar-refractivity contribution is 5.72. The average Bonchev–Trinajstić information content (AvgIpc) is 2.19. The Hall–Kier alpha value is -1.65. The zero-order valence-corrected chi connectivity index (χ0v) is 7.61. The van der Waals surface area contributed by atoms with Crippen LogP contribution in [0.2, 0.25) is 0 Å². The zero-order valence-electron chi connectivity index (χ0n) is 7.61. The third kappa shape index (κ3) is 2.69. The smallest absolute Gasteiger partial charge is 0.338 e. The molecule has 0 aliphatic rings. The van der Waals surface area contributed by atoms with E-state index in [2.05, 4.69) is 4.98 Å². The van der Waals surface area contributed by atoms with Crippen molar-refractivity contribution in [3.63, 3.8) is 0 Å². The fraction of sp³-hybridized carbons (Fsp3) is 0.333. The molecule has 1 heterocycles. The maximum Gasteiger partial charge on any atom is 0.338 e. The van der Waals surface area contributed by atoms with Crippen LogP contribution >= 0.6 is 0 Å². The summed E-state index contributed by atoms with van der Waals surface area (Å²) in [5, 5.41) is 8.32. The first-order valence-corrected chi connectivity index (χ1v) is 3.99. The number of alkyl halides is 1. The SMILES string of the molecule is COc1ccc(CC(F)C(=O)O)cn1. The summed E-state index contributed by atoms with van der Waals surface area (Å²) in [6.45, 7) is 0. The molecular weight excluding hydrogens is 189 g/mol. The van der Waals surface area contributed by atoms with E-state index in [4.69, 9.17) is 9.84 Å². The Morgan fingerprint density at radius 3 is 2.86 bits per heavy atom. The van der Waals surface area contributed by atoms with Crippen molar-refractivity contribution in [1.82, 2.24) is 4.98 Å². The monoisotopic (exact) mass is 199 g/mol. The third-order valence-electron chi connectivity index (χ3n) is 1.69. The molecule has 0 fully saturated rings. The number of aromatic nitrogens is 1. The highest BCUT2D eigenvalue weighted by Gasteiger charge is 2.16. The molecule has 0 aliphatic heterocycles. The lowest BCUT2D eigenvalue weighted by Crippen LogP contribution is -2.17. The molecule has 1 N–H and O–H groups in total. The molecule has 1 atom stereocenters. The molecule has 1 aromatic heterocycles. The first kappa shape index (κ1) is 10.4. The van der Waals surface area contributed by atoms with Crippen LogP contribution in [0.15, 0.2) is 18.3 Å². The Bertz CT molecular complexity index is 312. The normalized spacial score (nSPS) is 12.1. The van der Waals surface area contributed by atoms with Crippen LogP contribution in [0, 0.1) is 0 Å². The number of carboxylic acids is 1. The molecule has 1 unspecified atom stereocenters. The van der Waals surface area contributed by atoms with Gasteiger partial charge in [0.05, 0.1) is 7.11 Å². The molecule has 0 aromatic carbocycles. The first-order valence-electron chi connectivity index (χ1n) is 3.99. The summed E-state index contributed by atoms with van der Waals surface area (Å²) in [5.74, 6) is -1.04. The molecule has 1 aromatic rings. The van der Waals surface area contributed by atoms with Crippen molar-refractivity contribution in [1.29, 1.82) is 0 Å². The number of hydrogen-bond acceptors (Lipinski definition) is 3. The number of methoxy groups -OCH3 is 1. The molecule has 0 saturated carbocycles. The Morgan fingerprint density at radius 1 is 1.71 bits per heavy atom. The number of hydrogen-bond donors (Lipinski definition) is 1. The van der Waals surface area contributed by atoms with Gasteiger partial charge in [0.2, 0.25) is 12.1 Å². The van der Waals surface area contributed by atoms with Crippen molar-refractivity contribution in [3.8, 4) is 5.88 Å². The summed E-state index contributed by atoms with van der Waals surface area (Å²) in [5.41, 5.74) is 0.528. The van der Waals surface area contributed by atoms with Crippen molar-refractivity contribution < 1.29 is 19.0 Å². The quantitative estimate of drug-likeness (QED) is 0.787. The second-order valence-corrected chi connectivity index (χ2v) is 2.72. The standard InChI is InChI=1S/C9H10FNO3/c1-14-8-3-2-6(5-11-8)4-7(10)9(12)13/h2-3,5,7H,4H2,1H3,(H,12,13). The lowest BCUT2D eigenvalue weighted by molar-refractivity contribution is -0.142. The predicted molar refractivity (Wildman–Crippen MR) is 47.0 cm³/mol. The number of halogens is 1. The molecule has 0 saturated heterocycles. The Balaban J connectivity index is 2.64. The maximum atomic E-state index is 12.7. The minimum absolute atomic E-state index is 0.174. The number of aliphatic carboxylic acids is 1. The number of nitrogens with zero attached hydrogens (tertiary/aromatic N) is 1. The molecule has 1 rings (SSSR count). The minimum Gasteiger partial charge on any atom is -0.481 e. The highest BCUT2D eigenvalue weighted by Crippen LogP contribution is 2.09. The summed E-state index contributed by atoms with van der Waals surface area (Å²) in [4.78, 5) is 14.0. The van der Waals surface area contributed by atoms with E-state index in [1.165, 1.54) is 13.3 Å². The maximum absolute atomic E-state index is 12.7. The van der Waals surface area contributed by atoms with Gasteiger partial charge in [0.1, 0.15) is 0 Å². The van der Waals surface area contributed by atoms with Crippen LogP contribution in [-0.4, -0.2) is 29.3 Å². The van der Waals surface area contributed by atoms with E-state index in [1.807, 2.05) is 0 Å². The van der Waals surface area contributed by atoms with Crippen LogP contribution in [0.5, 0.6) is 5.88 Å². The fourth-order valence-corrected chi connectivity index (χ4v) is 0.947. The van der Waals surface area contributed by atoms with Gasteiger partial charge < -0.3 is 9.84 Å². The van der Waals surface area contributed by atoms with E-state index >= 15 is 0 Å². The van der Waals surface area contributed by atoms with Crippen molar-refractivity contribution in [2.24, 2.45) is 0 Å². The highest BCUT2D eigenvalue weighted by atomic mass is 19.1. The molecule has 0 radical (unpaired) electrons. The van der Waals surface area contributed by atoms with Gasteiger partial charge >= 0.3 is 5.97 Å². The average molecular weight is 199 g/mol. The number of carbonyl (C=O) groups is 1. The Labute approximate surface area is 80.3 Å². The van der Waals surface area contributed by atoms with Gasteiger partial charge in [0.15, 0.2) is 0 Å². The van der Waals surface area contributed by atoms with Gasteiger partial charge in [-0.3, -0.25) is 0 Å². The molecular formula is C9H10FNO3.